The molecule has 2 rings (SSSR count). The van der Waals surface area contributed by atoms with Gasteiger partial charge in [-0.05, 0) is 30.2 Å². The van der Waals surface area contributed by atoms with Gasteiger partial charge in [-0.25, -0.2) is 4.39 Å². The van der Waals surface area contributed by atoms with Gasteiger partial charge in [0.05, 0.1) is 6.10 Å². The normalized spacial score (nSPS) is 13.3. The molecule has 0 aliphatic carbocycles. The van der Waals surface area contributed by atoms with E-state index in [9.17, 15) is 9.50 Å². The minimum absolute atomic E-state index is 0.254. The zero-order valence-electron chi connectivity index (χ0n) is 11.8. The third kappa shape index (κ3) is 2.72. The molecule has 0 heterocycles. The van der Waals surface area contributed by atoms with Crippen molar-refractivity contribution >= 4 is 11.6 Å². The van der Waals surface area contributed by atoms with Gasteiger partial charge in [-0.1, -0.05) is 55.8 Å². The minimum Gasteiger partial charge on any atom is -0.387 e. The first-order valence-corrected chi connectivity index (χ1v) is 6.91. The van der Waals surface area contributed by atoms with E-state index in [2.05, 4.69) is 0 Å². The monoisotopic (exact) mass is 292 g/mol. The van der Waals surface area contributed by atoms with Crippen molar-refractivity contribution in [3.05, 3.63) is 70.0 Å². The molecule has 106 valence electrons. The Morgan fingerprint density at radius 1 is 1.15 bits per heavy atom. The molecule has 0 amide bonds. The summed E-state index contributed by atoms with van der Waals surface area (Å²) in [5, 5.41) is 10.9. The Kier molecular flexibility index (Phi) is 4.17. The largest absolute Gasteiger partial charge is 0.387 e. The Bertz CT molecular complexity index is 608. The predicted molar refractivity (Wildman–Crippen MR) is 80.6 cm³/mol. The van der Waals surface area contributed by atoms with Gasteiger partial charge in [-0.15, -0.1) is 0 Å². The van der Waals surface area contributed by atoms with Crippen molar-refractivity contribution in [1.29, 1.82) is 0 Å². The maximum absolute atomic E-state index is 13.5. The third-order valence-electron chi connectivity index (χ3n) is 3.77. The summed E-state index contributed by atoms with van der Waals surface area (Å²) in [5.74, 6) is -0.358. The van der Waals surface area contributed by atoms with E-state index in [0.29, 0.717) is 11.1 Å². The summed E-state index contributed by atoms with van der Waals surface area (Å²) in [5.41, 5.74) is 1.52. The molecule has 1 nitrogen and oxygen atoms in total. The van der Waals surface area contributed by atoms with Gasteiger partial charge in [-0.2, -0.15) is 0 Å². The van der Waals surface area contributed by atoms with E-state index in [4.69, 9.17) is 11.6 Å². The van der Waals surface area contributed by atoms with Crippen molar-refractivity contribution < 1.29 is 9.50 Å². The van der Waals surface area contributed by atoms with E-state index >= 15 is 0 Å². The fourth-order valence-corrected chi connectivity index (χ4v) is 2.56. The Morgan fingerprint density at radius 3 is 2.35 bits per heavy atom. The van der Waals surface area contributed by atoms with Crippen molar-refractivity contribution in [2.75, 3.05) is 0 Å². The van der Waals surface area contributed by atoms with Crippen LogP contribution in [-0.4, -0.2) is 5.11 Å². The summed E-state index contributed by atoms with van der Waals surface area (Å²) in [4.78, 5) is 0. The van der Waals surface area contributed by atoms with Crippen molar-refractivity contribution in [2.45, 2.75) is 32.3 Å². The van der Waals surface area contributed by atoms with Gasteiger partial charge in [0.25, 0.3) is 0 Å². The first-order valence-electron chi connectivity index (χ1n) is 6.53. The van der Waals surface area contributed by atoms with Crippen LogP contribution in [0.25, 0.3) is 0 Å². The fraction of sp³-hybridized carbons (Fsp3) is 0.294. The molecular formula is C17H18ClFO. The molecule has 20 heavy (non-hydrogen) atoms. The van der Waals surface area contributed by atoms with Gasteiger partial charge in [-0.3, -0.25) is 0 Å². The summed E-state index contributed by atoms with van der Waals surface area (Å²) in [6.45, 7) is 5.56. The smallest absolute Gasteiger partial charge is 0.127 e. The van der Waals surface area contributed by atoms with E-state index in [-0.39, 0.29) is 10.8 Å². The molecule has 2 aromatic carbocycles. The van der Waals surface area contributed by atoms with E-state index < -0.39 is 11.5 Å². The van der Waals surface area contributed by atoms with Crippen LogP contribution in [0.5, 0.6) is 0 Å². The molecule has 0 radical (unpaired) electrons. The fourth-order valence-electron chi connectivity index (χ4n) is 2.30. The van der Waals surface area contributed by atoms with Crippen LogP contribution < -0.4 is 0 Å². The highest BCUT2D eigenvalue weighted by Gasteiger charge is 2.32. The van der Waals surface area contributed by atoms with E-state index in [1.54, 1.807) is 13.0 Å². The molecule has 2 aromatic rings. The number of hydrogen-bond donors (Lipinski definition) is 1. The van der Waals surface area contributed by atoms with Gasteiger partial charge in [0, 0.05) is 16.0 Å². The molecule has 0 fully saturated rings. The highest BCUT2D eigenvalue weighted by atomic mass is 35.5. The summed E-state index contributed by atoms with van der Waals surface area (Å²) < 4.78 is 13.5. The van der Waals surface area contributed by atoms with Gasteiger partial charge >= 0.3 is 0 Å². The first kappa shape index (κ1) is 15.0. The Hall–Kier alpha value is -1.38. The van der Waals surface area contributed by atoms with Crippen molar-refractivity contribution in [3.8, 4) is 0 Å². The van der Waals surface area contributed by atoms with Crippen LogP contribution in [-0.2, 0) is 5.41 Å². The van der Waals surface area contributed by atoms with Gasteiger partial charge in [0.1, 0.15) is 5.82 Å². The predicted octanol–water partition coefficient (Wildman–Crippen LogP) is 4.80. The van der Waals surface area contributed by atoms with Crippen LogP contribution in [0.2, 0.25) is 5.02 Å². The lowest BCUT2D eigenvalue weighted by molar-refractivity contribution is 0.100. The van der Waals surface area contributed by atoms with Crippen molar-refractivity contribution in [3.63, 3.8) is 0 Å². The highest BCUT2D eigenvalue weighted by Crippen LogP contribution is 2.39. The minimum atomic E-state index is -0.809. The summed E-state index contributed by atoms with van der Waals surface area (Å²) >= 11 is 6.09. The first-order chi connectivity index (χ1) is 9.34. The molecule has 0 aliphatic heterocycles. The maximum atomic E-state index is 13.5. The van der Waals surface area contributed by atoms with E-state index in [1.165, 1.54) is 6.07 Å². The lowest BCUT2D eigenvalue weighted by Crippen LogP contribution is -2.27. The van der Waals surface area contributed by atoms with Crippen LogP contribution in [0.1, 0.15) is 36.6 Å². The zero-order valence-corrected chi connectivity index (χ0v) is 12.6. The molecule has 0 aliphatic rings. The Labute approximate surface area is 124 Å². The molecule has 1 unspecified atom stereocenters. The van der Waals surface area contributed by atoms with Crippen LogP contribution in [0.15, 0.2) is 42.5 Å². The van der Waals surface area contributed by atoms with Gasteiger partial charge in [0.15, 0.2) is 0 Å². The van der Waals surface area contributed by atoms with Gasteiger partial charge < -0.3 is 5.11 Å². The molecular weight excluding hydrogens is 275 g/mol. The standard InChI is InChI=1S/C17H18ClFO/c1-11-9-13(14(18)10-15(11)19)16(20)17(2,3)12-7-5-4-6-8-12/h4-10,16,20H,1-3H3. The molecule has 1 N–H and O–H groups in total. The number of aliphatic hydroxyl groups excluding tert-OH is 1. The number of hydrogen-bond acceptors (Lipinski definition) is 1. The lowest BCUT2D eigenvalue weighted by Gasteiger charge is -2.32. The quantitative estimate of drug-likeness (QED) is 0.861. The lowest BCUT2D eigenvalue weighted by atomic mass is 9.76. The SMILES string of the molecule is Cc1cc(C(O)C(C)(C)c2ccccc2)c(Cl)cc1F. The second kappa shape index (κ2) is 5.55. The average molecular weight is 293 g/mol. The second-order valence-electron chi connectivity index (χ2n) is 5.61. The van der Waals surface area contributed by atoms with Crippen LogP contribution in [0.4, 0.5) is 4.39 Å². The summed E-state index contributed by atoms with van der Waals surface area (Å²) in [6.07, 6.45) is -0.809. The number of rotatable bonds is 3. The van der Waals surface area contributed by atoms with Crippen LogP contribution in [0, 0.1) is 12.7 Å². The molecule has 0 aromatic heterocycles. The Morgan fingerprint density at radius 2 is 1.75 bits per heavy atom. The number of aryl methyl sites for hydroxylation is 1. The average Bonchev–Trinajstić information content (AvgIpc) is 2.43. The second-order valence-corrected chi connectivity index (χ2v) is 6.02. The van der Waals surface area contributed by atoms with Crippen molar-refractivity contribution in [2.24, 2.45) is 0 Å². The number of aliphatic hydroxyl groups is 1. The molecule has 3 heteroatoms. The molecule has 1 atom stereocenters. The van der Waals surface area contributed by atoms with E-state index in [0.717, 1.165) is 5.56 Å². The Balaban J connectivity index is 2.45. The van der Waals surface area contributed by atoms with Gasteiger partial charge in [0.2, 0.25) is 0 Å². The van der Waals surface area contributed by atoms with E-state index in [1.807, 2.05) is 44.2 Å². The summed E-state index contributed by atoms with van der Waals surface area (Å²) in [7, 11) is 0. The molecule has 0 spiro atoms. The topological polar surface area (TPSA) is 20.2 Å². The third-order valence-corrected chi connectivity index (χ3v) is 4.10. The maximum Gasteiger partial charge on any atom is 0.127 e. The zero-order chi connectivity index (χ0) is 14.9. The molecule has 0 saturated heterocycles. The van der Waals surface area contributed by atoms with Crippen LogP contribution >= 0.6 is 11.6 Å². The van der Waals surface area contributed by atoms with Crippen LogP contribution in [0.3, 0.4) is 0 Å². The molecule has 0 bridgehead atoms. The number of benzene rings is 2. The highest BCUT2D eigenvalue weighted by molar-refractivity contribution is 6.31. The summed E-state index contributed by atoms with van der Waals surface area (Å²) in [6, 6.07) is 12.6. The number of halogens is 2. The molecule has 0 saturated carbocycles. The van der Waals surface area contributed by atoms with Crippen molar-refractivity contribution in [1.82, 2.24) is 0 Å².